The Balaban J connectivity index is 2.17. The molecule has 0 bridgehead atoms. The lowest BCUT2D eigenvalue weighted by atomic mass is 9.65. The fraction of sp³-hybridized carbons (Fsp3) is 0.600. The number of aliphatic hydroxyl groups excluding tert-OH is 1. The quantitative estimate of drug-likeness (QED) is 0.797. The number of hydrogen-bond donors (Lipinski definition) is 1. The zero-order valence-corrected chi connectivity index (χ0v) is 10.3. The zero-order valence-electron chi connectivity index (χ0n) is 10.3. The summed E-state index contributed by atoms with van der Waals surface area (Å²) in [4.78, 5) is 0. The second kappa shape index (κ2) is 4.58. The topological polar surface area (TPSA) is 20.2 Å². The van der Waals surface area contributed by atoms with Crippen molar-refractivity contribution in [3.63, 3.8) is 0 Å². The molecule has 1 nitrogen and oxygen atoms in total. The lowest BCUT2D eigenvalue weighted by Crippen LogP contribution is -2.32. The van der Waals surface area contributed by atoms with Gasteiger partial charge < -0.3 is 5.11 Å². The highest BCUT2D eigenvalue weighted by Gasteiger charge is 2.37. The third-order valence-electron chi connectivity index (χ3n) is 4.11. The standard InChI is InChI=1S/C15H22O/c1-15(2)11-7-6-10-13(15)14(16)12-8-4-3-5-9-12/h3-5,8-9,13-14,16H,6-7,10-11H2,1-2H3. The highest BCUT2D eigenvalue weighted by atomic mass is 16.3. The van der Waals surface area contributed by atoms with E-state index in [1.54, 1.807) is 0 Å². The van der Waals surface area contributed by atoms with Crippen molar-refractivity contribution in [1.82, 2.24) is 0 Å². The van der Waals surface area contributed by atoms with Gasteiger partial charge >= 0.3 is 0 Å². The fourth-order valence-electron chi connectivity index (χ4n) is 2.99. The largest absolute Gasteiger partial charge is 0.388 e. The Labute approximate surface area is 98.5 Å². The Morgan fingerprint density at radius 1 is 1.19 bits per heavy atom. The smallest absolute Gasteiger partial charge is 0.0823 e. The Morgan fingerprint density at radius 2 is 1.88 bits per heavy atom. The number of aliphatic hydroxyl groups is 1. The fourth-order valence-corrected chi connectivity index (χ4v) is 2.99. The first-order valence-corrected chi connectivity index (χ1v) is 6.34. The predicted octanol–water partition coefficient (Wildman–Crippen LogP) is 3.94. The van der Waals surface area contributed by atoms with E-state index in [4.69, 9.17) is 0 Å². The summed E-state index contributed by atoms with van der Waals surface area (Å²) in [6.07, 6.45) is 4.67. The third-order valence-corrected chi connectivity index (χ3v) is 4.11. The first kappa shape index (κ1) is 11.7. The molecule has 0 aromatic heterocycles. The summed E-state index contributed by atoms with van der Waals surface area (Å²) in [5, 5.41) is 10.5. The molecule has 0 saturated heterocycles. The maximum Gasteiger partial charge on any atom is 0.0823 e. The van der Waals surface area contributed by atoms with Gasteiger partial charge in [-0.05, 0) is 29.7 Å². The summed E-state index contributed by atoms with van der Waals surface area (Å²) < 4.78 is 0. The molecule has 1 aliphatic rings. The highest BCUT2D eigenvalue weighted by Crippen LogP contribution is 2.46. The molecule has 1 aliphatic carbocycles. The van der Waals surface area contributed by atoms with E-state index in [2.05, 4.69) is 13.8 Å². The summed E-state index contributed by atoms with van der Waals surface area (Å²) in [5.74, 6) is 0.406. The van der Waals surface area contributed by atoms with Crippen molar-refractivity contribution in [3.05, 3.63) is 35.9 Å². The van der Waals surface area contributed by atoms with Gasteiger partial charge in [-0.15, -0.1) is 0 Å². The molecule has 2 atom stereocenters. The molecule has 1 saturated carbocycles. The zero-order chi connectivity index (χ0) is 11.6. The van der Waals surface area contributed by atoms with E-state index in [1.165, 1.54) is 19.3 Å². The monoisotopic (exact) mass is 218 g/mol. The van der Waals surface area contributed by atoms with E-state index in [9.17, 15) is 5.11 Å². The second-order valence-corrected chi connectivity index (χ2v) is 5.70. The van der Waals surface area contributed by atoms with Gasteiger partial charge in [0.1, 0.15) is 0 Å². The van der Waals surface area contributed by atoms with E-state index in [0.717, 1.165) is 12.0 Å². The summed E-state index contributed by atoms with van der Waals surface area (Å²) >= 11 is 0. The van der Waals surface area contributed by atoms with Gasteiger partial charge in [0.2, 0.25) is 0 Å². The number of hydrogen-bond acceptors (Lipinski definition) is 1. The van der Waals surface area contributed by atoms with Crippen LogP contribution in [0.1, 0.15) is 51.2 Å². The van der Waals surface area contributed by atoms with Crippen LogP contribution in [0, 0.1) is 11.3 Å². The Bertz CT molecular complexity index is 329. The van der Waals surface area contributed by atoms with Crippen molar-refractivity contribution in [1.29, 1.82) is 0 Å². The molecule has 1 heteroatoms. The van der Waals surface area contributed by atoms with E-state index in [0.29, 0.717) is 5.92 Å². The lowest BCUT2D eigenvalue weighted by Gasteiger charge is -2.41. The van der Waals surface area contributed by atoms with Crippen molar-refractivity contribution >= 4 is 0 Å². The van der Waals surface area contributed by atoms with Crippen molar-refractivity contribution < 1.29 is 5.11 Å². The maximum absolute atomic E-state index is 10.5. The Morgan fingerprint density at radius 3 is 2.50 bits per heavy atom. The van der Waals surface area contributed by atoms with Crippen molar-refractivity contribution in [3.8, 4) is 0 Å². The average molecular weight is 218 g/mol. The first-order chi connectivity index (χ1) is 7.61. The normalized spacial score (nSPS) is 26.3. The molecule has 0 radical (unpaired) electrons. The Hall–Kier alpha value is -0.820. The molecule has 1 fully saturated rings. The molecule has 2 unspecified atom stereocenters. The van der Waals surface area contributed by atoms with Crippen LogP contribution in [0.4, 0.5) is 0 Å². The van der Waals surface area contributed by atoms with E-state index in [-0.39, 0.29) is 11.5 Å². The molecule has 1 aromatic rings. The van der Waals surface area contributed by atoms with Crippen LogP contribution < -0.4 is 0 Å². The van der Waals surface area contributed by atoms with Gasteiger partial charge in [-0.25, -0.2) is 0 Å². The number of benzene rings is 1. The first-order valence-electron chi connectivity index (χ1n) is 6.34. The highest BCUT2D eigenvalue weighted by molar-refractivity contribution is 5.18. The maximum atomic E-state index is 10.5. The Kier molecular flexibility index (Phi) is 3.34. The molecular weight excluding hydrogens is 196 g/mol. The SMILES string of the molecule is CC1(C)CCCCC1C(O)c1ccccc1. The van der Waals surface area contributed by atoms with Gasteiger partial charge in [0.25, 0.3) is 0 Å². The predicted molar refractivity (Wildman–Crippen MR) is 67.1 cm³/mol. The molecule has 1 aromatic carbocycles. The van der Waals surface area contributed by atoms with E-state index in [1.807, 2.05) is 30.3 Å². The van der Waals surface area contributed by atoms with Gasteiger partial charge in [0.05, 0.1) is 6.10 Å². The van der Waals surface area contributed by atoms with Gasteiger partial charge in [-0.1, -0.05) is 57.0 Å². The van der Waals surface area contributed by atoms with Crippen LogP contribution in [-0.2, 0) is 0 Å². The molecule has 2 rings (SSSR count). The van der Waals surface area contributed by atoms with Crippen LogP contribution in [0.15, 0.2) is 30.3 Å². The molecular formula is C15H22O. The van der Waals surface area contributed by atoms with Gasteiger partial charge in [-0.3, -0.25) is 0 Å². The van der Waals surface area contributed by atoms with Crippen molar-refractivity contribution in [2.75, 3.05) is 0 Å². The summed E-state index contributed by atoms with van der Waals surface area (Å²) in [6.45, 7) is 4.59. The van der Waals surface area contributed by atoms with E-state index >= 15 is 0 Å². The lowest BCUT2D eigenvalue weighted by molar-refractivity contribution is 0.00386. The van der Waals surface area contributed by atoms with Crippen LogP contribution in [0.2, 0.25) is 0 Å². The van der Waals surface area contributed by atoms with E-state index < -0.39 is 0 Å². The molecule has 0 amide bonds. The molecule has 1 N–H and O–H groups in total. The summed E-state index contributed by atoms with van der Waals surface area (Å²) in [6, 6.07) is 10.1. The minimum absolute atomic E-state index is 0.271. The third kappa shape index (κ3) is 2.30. The molecule has 16 heavy (non-hydrogen) atoms. The summed E-state index contributed by atoms with van der Waals surface area (Å²) in [7, 11) is 0. The van der Waals surface area contributed by atoms with Crippen LogP contribution in [0.5, 0.6) is 0 Å². The molecule has 0 spiro atoms. The van der Waals surface area contributed by atoms with Crippen LogP contribution in [-0.4, -0.2) is 5.11 Å². The number of rotatable bonds is 2. The molecule has 88 valence electrons. The van der Waals surface area contributed by atoms with Gasteiger partial charge in [0, 0.05) is 0 Å². The van der Waals surface area contributed by atoms with Crippen LogP contribution in [0.3, 0.4) is 0 Å². The van der Waals surface area contributed by atoms with Crippen molar-refractivity contribution in [2.45, 2.75) is 45.6 Å². The second-order valence-electron chi connectivity index (χ2n) is 5.70. The average Bonchev–Trinajstić information content (AvgIpc) is 2.29. The van der Waals surface area contributed by atoms with Crippen molar-refractivity contribution in [2.24, 2.45) is 11.3 Å². The van der Waals surface area contributed by atoms with Crippen LogP contribution >= 0.6 is 0 Å². The minimum Gasteiger partial charge on any atom is -0.388 e. The van der Waals surface area contributed by atoms with Gasteiger partial charge in [0.15, 0.2) is 0 Å². The van der Waals surface area contributed by atoms with Crippen LogP contribution in [0.25, 0.3) is 0 Å². The molecule has 0 aliphatic heterocycles. The summed E-state index contributed by atoms with van der Waals surface area (Å²) in [5.41, 5.74) is 1.34. The van der Waals surface area contributed by atoms with Gasteiger partial charge in [-0.2, -0.15) is 0 Å². The molecule has 0 heterocycles. The minimum atomic E-state index is -0.295.